The van der Waals surface area contributed by atoms with Gasteiger partial charge in [0.25, 0.3) is 0 Å². The van der Waals surface area contributed by atoms with Crippen LogP contribution in [0.3, 0.4) is 0 Å². The van der Waals surface area contributed by atoms with E-state index in [2.05, 4.69) is 25.1 Å². The summed E-state index contributed by atoms with van der Waals surface area (Å²) >= 11 is 9.17. The lowest BCUT2D eigenvalue weighted by molar-refractivity contribution is 0.330. The molecule has 22 heavy (non-hydrogen) atoms. The molecule has 4 rings (SSSR count). The summed E-state index contributed by atoms with van der Waals surface area (Å²) in [5.74, 6) is 4.85. The first kappa shape index (κ1) is 15.8. The van der Waals surface area contributed by atoms with Crippen molar-refractivity contribution in [1.82, 2.24) is 0 Å². The number of rotatable bonds is 2. The van der Waals surface area contributed by atoms with Gasteiger partial charge in [0.05, 0.1) is 0 Å². The van der Waals surface area contributed by atoms with Gasteiger partial charge in [-0.3, -0.25) is 0 Å². The molecule has 2 aliphatic carbocycles. The molecule has 0 N–H and O–H groups in total. The first-order chi connectivity index (χ1) is 10.7. The molecule has 1 aromatic rings. The quantitative estimate of drug-likeness (QED) is 0.642. The maximum Gasteiger partial charge on any atom is 0.110 e. The highest BCUT2D eigenvalue weighted by Crippen LogP contribution is 2.54. The van der Waals surface area contributed by atoms with Crippen LogP contribution in [0, 0.1) is 5.92 Å². The maximum absolute atomic E-state index is 5.07. The van der Waals surface area contributed by atoms with E-state index in [0.29, 0.717) is 5.92 Å². The zero-order valence-corrected chi connectivity index (χ0v) is 15.9. The van der Waals surface area contributed by atoms with Crippen molar-refractivity contribution in [2.75, 3.05) is 11.5 Å². The third-order valence-corrected chi connectivity index (χ3v) is 10.3. The topological polar surface area (TPSA) is 0 Å². The van der Waals surface area contributed by atoms with Crippen LogP contribution in [-0.2, 0) is 6.42 Å². The third kappa shape index (κ3) is 2.75. The van der Waals surface area contributed by atoms with E-state index in [0.717, 1.165) is 11.8 Å². The van der Waals surface area contributed by atoms with Crippen LogP contribution in [0.1, 0.15) is 67.6 Å². The fourth-order valence-corrected chi connectivity index (χ4v) is 8.22. The Morgan fingerprint density at radius 1 is 1.14 bits per heavy atom. The smallest absolute Gasteiger partial charge is 0.110 e. The molecular formula is C19H26S3. The molecule has 3 atom stereocenters. The Labute approximate surface area is 149 Å². The van der Waals surface area contributed by atoms with Gasteiger partial charge in [0.2, 0.25) is 0 Å². The Morgan fingerprint density at radius 3 is 2.73 bits per heavy atom. The first-order valence-corrected chi connectivity index (χ1v) is 11.2. The predicted octanol–water partition coefficient (Wildman–Crippen LogP) is 6.07. The standard InChI is InChI=1S/C19H26S3/c1-13(19(20)21-9-4-10-22-19)14-7-8-18-16(11-14)12-15-5-2-3-6-17(15)18/h7-8,11,13,15,17,20H,2-6,9-10,12H2,1H3/t13-,15-,17-/m1/s1. The van der Waals surface area contributed by atoms with Gasteiger partial charge in [0, 0.05) is 5.92 Å². The Bertz CT molecular complexity index is 548. The second kappa shape index (κ2) is 6.29. The molecule has 1 heterocycles. The van der Waals surface area contributed by atoms with Crippen molar-refractivity contribution in [3.8, 4) is 0 Å². The third-order valence-electron chi connectivity index (χ3n) is 5.91. The lowest BCUT2D eigenvalue weighted by Gasteiger charge is -2.37. The van der Waals surface area contributed by atoms with Gasteiger partial charge < -0.3 is 0 Å². The van der Waals surface area contributed by atoms with Crippen LogP contribution >= 0.6 is 36.2 Å². The SMILES string of the molecule is C[C@H](c1ccc2c(c1)C[C@H]1CCCC[C@@H]21)C1(S)SCCCS1. The molecule has 1 saturated heterocycles. The van der Waals surface area contributed by atoms with E-state index >= 15 is 0 Å². The molecule has 0 bridgehead atoms. The summed E-state index contributed by atoms with van der Waals surface area (Å²) in [5, 5.41) is 0. The molecule has 2 fully saturated rings. The number of thioether (sulfide) groups is 2. The number of thiol groups is 1. The Kier molecular flexibility index (Phi) is 4.51. The van der Waals surface area contributed by atoms with Crippen molar-refractivity contribution in [2.24, 2.45) is 5.92 Å². The lowest BCUT2D eigenvalue weighted by atomic mass is 9.80. The number of benzene rings is 1. The normalized spacial score (nSPS) is 31.4. The molecule has 0 radical (unpaired) electrons. The Hall–Kier alpha value is 0.270. The van der Waals surface area contributed by atoms with Crippen LogP contribution in [0.4, 0.5) is 0 Å². The molecule has 0 nitrogen and oxygen atoms in total. The van der Waals surface area contributed by atoms with E-state index in [4.69, 9.17) is 12.6 Å². The molecule has 0 aromatic heterocycles. The minimum absolute atomic E-state index is 0.0673. The van der Waals surface area contributed by atoms with Crippen LogP contribution in [0.5, 0.6) is 0 Å². The van der Waals surface area contributed by atoms with Crippen LogP contribution in [0.2, 0.25) is 0 Å². The first-order valence-electron chi connectivity index (χ1n) is 8.80. The minimum Gasteiger partial charge on any atom is -0.150 e. The van der Waals surface area contributed by atoms with Gasteiger partial charge in [0.1, 0.15) is 3.41 Å². The Morgan fingerprint density at radius 2 is 1.91 bits per heavy atom. The van der Waals surface area contributed by atoms with E-state index < -0.39 is 0 Å². The summed E-state index contributed by atoms with van der Waals surface area (Å²) in [6, 6.07) is 7.41. The van der Waals surface area contributed by atoms with Crippen molar-refractivity contribution in [2.45, 2.75) is 60.7 Å². The van der Waals surface area contributed by atoms with Gasteiger partial charge in [-0.25, -0.2) is 0 Å². The number of hydrogen-bond acceptors (Lipinski definition) is 3. The minimum atomic E-state index is 0.0673. The maximum atomic E-state index is 5.07. The predicted molar refractivity (Wildman–Crippen MR) is 105 cm³/mol. The van der Waals surface area contributed by atoms with E-state index in [1.165, 1.54) is 55.6 Å². The van der Waals surface area contributed by atoms with Crippen LogP contribution in [0.15, 0.2) is 18.2 Å². The zero-order valence-electron chi connectivity index (χ0n) is 13.4. The molecule has 3 aliphatic rings. The molecule has 1 aliphatic heterocycles. The highest BCUT2D eigenvalue weighted by molar-refractivity contribution is 8.29. The van der Waals surface area contributed by atoms with Gasteiger partial charge >= 0.3 is 0 Å². The molecule has 1 saturated carbocycles. The summed E-state index contributed by atoms with van der Waals surface area (Å²) in [4.78, 5) is 0. The summed E-state index contributed by atoms with van der Waals surface area (Å²) in [7, 11) is 0. The largest absolute Gasteiger partial charge is 0.150 e. The summed E-state index contributed by atoms with van der Waals surface area (Å²) < 4.78 is 0.0673. The van der Waals surface area contributed by atoms with Crippen molar-refractivity contribution < 1.29 is 0 Å². The molecular weight excluding hydrogens is 324 g/mol. The van der Waals surface area contributed by atoms with Crippen LogP contribution in [0.25, 0.3) is 0 Å². The fourth-order valence-electron chi connectivity index (χ4n) is 4.58. The molecule has 1 aromatic carbocycles. The molecule has 0 amide bonds. The molecule has 3 heteroatoms. The lowest BCUT2D eigenvalue weighted by Crippen LogP contribution is -2.25. The number of hydrogen-bond donors (Lipinski definition) is 1. The number of fused-ring (bicyclic) bond motifs is 3. The Balaban J connectivity index is 1.59. The average Bonchev–Trinajstić information content (AvgIpc) is 2.92. The highest BCUT2D eigenvalue weighted by atomic mass is 32.3. The highest BCUT2D eigenvalue weighted by Gasteiger charge is 2.38. The van der Waals surface area contributed by atoms with Crippen LogP contribution < -0.4 is 0 Å². The average molecular weight is 351 g/mol. The van der Waals surface area contributed by atoms with E-state index in [1.54, 1.807) is 11.1 Å². The van der Waals surface area contributed by atoms with E-state index in [-0.39, 0.29) is 3.41 Å². The zero-order chi connectivity index (χ0) is 15.2. The van der Waals surface area contributed by atoms with Gasteiger partial charge in [0.15, 0.2) is 0 Å². The summed E-state index contributed by atoms with van der Waals surface area (Å²) in [5.41, 5.74) is 4.84. The van der Waals surface area contributed by atoms with E-state index in [9.17, 15) is 0 Å². The summed E-state index contributed by atoms with van der Waals surface area (Å²) in [6.45, 7) is 2.38. The van der Waals surface area contributed by atoms with Gasteiger partial charge in [-0.15, -0.1) is 23.5 Å². The van der Waals surface area contributed by atoms with Gasteiger partial charge in [-0.2, -0.15) is 12.6 Å². The van der Waals surface area contributed by atoms with Crippen LogP contribution in [-0.4, -0.2) is 14.9 Å². The van der Waals surface area contributed by atoms with Crippen molar-refractivity contribution in [1.29, 1.82) is 0 Å². The molecule has 120 valence electrons. The molecule has 0 spiro atoms. The summed E-state index contributed by atoms with van der Waals surface area (Å²) in [6.07, 6.45) is 8.43. The van der Waals surface area contributed by atoms with Crippen molar-refractivity contribution >= 4 is 36.2 Å². The van der Waals surface area contributed by atoms with Gasteiger partial charge in [-0.1, -0.05) is 38.0 Å². The fraction of sp³-hybridized carbons (Fsp3) is 0.684. The van der Waals surface area contributed by atoms with Gasteiger partial charge in [-0.05, 0) is 65.7 Å². The molecule has 0 unspecified atom stereocenters. The van der Waals surface area contributed by atoms with Crippen molar-refractivity contribution in [3.63, 3.8) is 0 Å². The monoisotopic (exact) mass is 350 g/mol. The van der Waals surface area contributed by atoms with Crippen molar-refractivity contribution in [3.05, 3.63) is 34.9 Å². The second-order valence-corrected chi connectivity index (χ2v) is 11.5. The second-order valence-electron chi connectivity index (χ2n) is 7.22. The van der Waals surface area contributed by atoms with E-state index in [1.807, 2.05) is 23.5 Å².